The van der Waals surface area contributed by atoms with Crippen molar-refractivity contribution in [3.05, 3.63) is 40.6 Å². The SMILES string of the molecule is CN(C)C(=O)NC1CCCN(c2cnc(C(N)=O)c(Nc3ccc(=O)n(C)c3)n2)C1. The van der Waals surface area contributed by atoms with Crippen LogP contribution in [0.1, 0.15) is 23.3 Å². The van der Waals surface area contributed by atoms with Crippen molar-refractivity contribution in [2.45, 2.75) is 18.9 Å². The van der Waals surface area contributed by atoms with Gasteiger partial charge in [0.05, 0.1) is 11.9 Å². The van der Waals surface area contributed by atoms with Crippen LogP contribution in [0.15, 0.2) is 29.3 Å². The first-order valence-electron chi connectivity index (χ1n) is 9.58. The van der Waals surface area contributed by atoms with Gasteiger partial charge in [0.15, 0.2) is 11.5 Å². The Morgan fingerprint density at radius 2 is 2.07 bits per heavy atom. The zero-order valence-corrected chi connectivity index (χ0v) is 17.3. The normalized spacial score (nSPS) is 16.1. The van der Waals surface area contributed by atoms with Crippen molar-refractivity contribution in [3.8, 4) is 0 Å². The number of nitrogens with zero attached hydrogens (tertiary/aromatic N) is 5. The Kier molecular flexibility index (Phi) is 6.19. The predicted octanol–water partition coefficient (Wildman–Crippen LogP) is 0.258. The number of nitrogens with two attached hydrogens (primary N) is 1. The summed E-state index contributed by atoms with van der Waals surface area (Å²) in [5, 5.41) is 6.01. The average molecular weight is 414 g/mol. The Morgan fingerprint density at radius 3 is 2.73 bits per heavy atom. The Labute approximate surface area is 173 Å². The molecule has 11 heteroatoms. The molecule has 1 unspecified atom stereocenters. The fraction of sp³-hybridized carbons (Fsp3) is 0.421. The Bertz CT molecular complexity index is 1000. The molecule has 1 atom stereocenters. The van der Waals surface area contributed by atoms with Crippen LogP contribution < -0.4 is 26.8 Å². The highest BCUT2D eigenvalue weighted by atomic mass is 16.2. The summed E-state index contributed by atoms with van der Waals surface area (Å²) in [4.78, 5) is 47.6. The predicted molar refractivity (Wildman–Crippen MR) is 113 cm³/mol. The molecule has 2 aromatic heterocycles. The number of pyridine rings is 1. The molecule has 1 saturated heterocycles. The van der Waals surface area contributed by atoms with Crippen molar-refractivity contribution in [1.82, 2.24) is 24.8 Å². The number of amides is 3. The highest BCUT2D eigenvalue weighted by Gasteiger charge is 2.24. The summed E-state index contributed by atoms with van der Waals surface area (Å²) in [6.07, 6.45) is 4.84. The number of anilines is 3. The molecule has 160 valence electrons. The average Bonchev–Trinajstić information content (AvgIpc) is 2.70. The van der Waals surface area contributed by atoms with Gasteiger partial charge in [-0.1, -0.05) is 0 Å². The van der Waals surface area contributed by atoms with E-state index < -0.39 is 5.91 Å². The molecule has 11 nitrogen and oxygen atoms in total. The highest BCUT2D eigenvalue weighted by molar-refractivity contribution is 5.96. The van der Waals surface area contributed by atoms with Gasteiger partial charge in [-0.25, -0.2) is 14.8 Å². The minimum absolute atomic E-state index is 0.00192. The number of nitrogens with one attached hydrogen (secondary N) is 2. The molecule has 0 radical (unpaired) electrons. The molecule has 3 amide bonds. The second-order valence-corrected chi connectivity index (χ2v) is 7.41. The summed E-state index contributed by atoms with van der Waals surface area (Å²) in [6, 6.07) is 2.84. The summed E-state index contributed by atoms with van der Waals surface area (Å²) in [7, 11) is 5.02. The first kappa shape index (κ1) is 21.1. The van der Waals surface area contributed by atoms with Gasteiger partial charge in [-0.15, -0.1) is 0 Å². The van der Waals surface area contributed by atoms with Gasteiger partial charge in [0.1, 0.15) is 5.82 Å². The lowest BCUT2D eigenvalue weighted by Crippen LogP contribution is -2.50. The van der Waals surface area contributed by atoms with E-state index in [-0.39, 0.29) is 29.1 Å². The number of urea groups is 1. The molecule has 0 bridgehead atoms. The standard InChI is InChI=1S/C19H26N8O3/c1-25(2)19(30)23-12-5-4-8-27(11-12)14-9-21-16(17(20)29)18(24-14)22-13-6-7-15(28)26(3)10-13/h6-7,9-10,12H,4-5,8,11H2,1-3H3,(H2,20,29)(H,22,24)(H,23,30). The molecule has 30 heavy (non-hydrogen) atoms. The largest absolute Gasteiger partial charge is 0.364 e. The van der Waals surface area contributed by atoms with Crippen LogP contribution in [0, 0.1) is 0 Å². The molecule has 3 rings (SSSR count). The minimum atomic E-state index is -0.712. The fourth-order valence-electron chi connectivity index (χ4n) is 3.21. The zero-order chi connectivity index (χ0) is 21.8. The topological polar surface area (TPSA) is 138 Å². The number of carbonyl (C=O) groups excluding carboxylic acids is 2. The lowest BCUT2D eigenvalue weighted by atomic mass is 10.1. The molecule has 1 fully saturated rings. The highest BCUT2D eigenvalue weighted by Crippen LogP contribution is 2.23. The van der Waals surface area contributed by atoms with Crippen LogP contribution in [0.25, 0.3) is 0 Å². The van der Waals surface area contributed by atoms with E-state index in [0.717, 1.165) is 19.4 Å². The van der Waals surface area contributed by atoms with E-state index in [1.54, 1.807) is 33.4 Å². The summed E-state index contributed by atoms with van der Waals surface area (Å²) in [5.74, 6) is 0.0605. The third-order valence-corrected chi connectivity index (χ3v) is 4.82. The van der Waals surface area contributed by atoms with Crippen LogP contribution in [0.2, 0.25) is 0 Å². The molecular weight excluding hydrogens is 388 g/mol. The van der Waals surface area contributed by atoms with E-state index in [1.807, 2.05) is 4.90 Å². The first-order chi connectivity index (χ1) is 14.2. The van der Waals surface area contributed by atoms with Crippen molar-refractivity contribution < 1.29 is 9.59 Å². The van der Waals surface area contributed by atoms with Crippen molar-refractivity contribution in [2.24, 2.45) is 12.8 Å². The molecule has 1 aliphatic rings. The second-order valence-electron chi connectivity index (χ2n) is 7.41. The fourth-order valence-corrected chi connectivity index (χ4v) is 3.21. The van der Waals surface area contributed by atoms with E-state index in [2.05, 4.69) is 20.6 Å². The summed E-state index contributed by atoms with van der Waals surface area (Å²) < 4.78 is 1.41. The monoisotopic (exact) mass is 414 g/mol. The summed E-state index contributed by atoms with van der Waals surface area (Å²) >= 11 is 0. The number of aryl methyl sites for hydroxylation is 1. The molecular formula is C19H26N8O3. The van der Waals surface area contributed by atoms with Gasteiger partial charge in [0.25, 0.3) is 5.91 Å². The molecule has 3 heterocycles. The number of hydrogen-bond acceptors (Lipinski definition) is 7. The van der Waals surface area contributed by atoms with Gasteiger partial charge in [-0.05, 0) is 18.9 Å². The van der Waals surface area contributed by atoms with Crippen LogP contribution in [0.3, 0.4) is 0 Å². The van der Waals surface area contributed by atoms with Crippen LogP contribution in [0.4, 0.5) is 22.1 Å². The summed E-state index contributed by atoms with van der Waals surface area (Å²) in [5.41, 5.74) is 5.87. The van der Waals surface area contributed by atoms with E-state index in [0.29, 0.717) is 18.1 Å². The third-order valence-electron chi connectivity index (χ3n) is 4.82. The van der Waals surface area contributed by atoms with Crippen LogP contribution in [-0.4, -0.2) is 64.6 Å². The third kappa shape index (κ3) is 4.85. The van der Waals surface area contributed by atoms with Gasteiger partial charge in [0.2, 0.25) is 5.56 Å². The zero-order valence-electron chi connectivity index (χ0n) is 17.3. The lowest BCUT2D eigenvalue weighted by Gasteiger charge is -2.34. The molecule has 4 N–H and O–H groups in total. The Balaban J connectivity index is 1.84. The van der Waals surface area contributed by atoms with Gasteiger partial charge in [0, 0.05) is 52.5 Å². The first-order valence-corrected chi connectivity index (χ1v) is 9.58. The van der Waals surface area contributed by atoms with E-state index >= 15 is 0 Å². The number of carbonyl (C=O) groups is 2. The van der Waals surface area contributed by atoms with Crippen molar-refractivity contribution in [2.75, 3.05) is 37.4 Å². The maximum atomic E-state index is 12.0. The second kappa shape index (κ2) is 8.80. The van der Waals surface area contributed by atoms with Crippen LogP contribution in [0.5, 0.6) is 0 Å². The van der Waals surface area contributed by atoms with Gasteiger partial charge < -0.3 is 30.7 Å². The van der Waals surface area contributed by atoms with Gasteiger partial charge in [-0.3, -0.25) is 9.59 Å². The number of piperidine rings is 1. The van der Waals surface area contributed by atoms with Crippen LogP contribution in [-0.2, 0) is 7.05 Å². The van der Waals surface area contributed by atoms with Gasteiger partial charge >= 0.3 is 6.03 Å². The molecule has 0 spiro atoms. The maximum absolute atomic E-state index is 12.0. The van der Waals surface area contributed by atoms with E-state index in [1.165, 1.54) is 21.7 Å². The number of rotatable bonds is 5. The molecule has 1 aliphatic heterocycles. The number of aromatic nitrogens is 3. The molecule has 2 aromatic rings. The maximum Gasteiger partial charge on any atom is 0.317 e. The van der Waals surface area contributed by atoms with Gasteiger partial charge in [-0.2, -0.15) is 0 Å². The van der Waals surface area contributed by atoms with E-state index in [4.69, 9.17) is 5.73 Å². The molecule has 0 aromatic carbocycles. The van der Waals surface area contributed by atoms with Crippen molar-refractivity contribution in [1.29, 1.82) is 0 Å². The molecule has 0 saturated carbocycles. The Hall–Kier alpha value is -3.63. The lowest BCUT2D eigenvalue weighted by molar-refractivity contribution is 0.0996. The quantitative estimate of drug-likeness (QED) is 0.638. The number of primary amides is 1. The number of hydrogen-bond donors (Lipinski definition) is 3. The van der Waals surface area contributed by atoms with Crippen LogP contribution >= 0.6 is 0 Å². The van der Waals surface area contributed by atoms with Crippen molar-refractivity contribution >= 4 is 29.3 Å². The molecule has 0 aliphatic carbocycles. The summed E-state index contributed by atoms with van der Waals surface area (Å²) in [6.45, 7) is 1.32. The van der Waals surface area contributed by atoms with E-state index in [9.17, 15) is 14.4 Å². The minimum Gasteiger partial charge on any atom is -0.364 e. The Morgan fingerprint density at radius 1 is 1.30 bits per heavy atom. The van der Waals surface area contributed by atoms with Crippen molar-refractivity contribution in [3.63, 3.8) is 0 Å². The smallest absolute Gasteiger partial charge is 0.317 e.